The van der Waals surface area contributed by atoms with Gasteiger partial charge in [-0.25, -0.2) is 4.79 Å². The van der Waals surface area contributed by atoms with Gasteiger partial charge in [-0.05, 0) is 26.7 Å². The maximum atomic E-state index is 11.7. The van der Waals surface area contributed by atoms with Gasteiger partial charge < -0.3 is 15.4 Å². The topological polar surface area (TPSA) is 55.6 Å². The summed E-state index contributed by atoms with van der Waals surface area (Å²) < 4.78 is 5.29. The minimum absolute atomic E-state index is 0. The van der Waals surface area contributed by atoms with E-state index in [0.29, 0.717) is 12.5 Å². The smallest absolute Gasteiger partial charge is 0.410 e. The van der Waals surface area contributed by atoms with E-state index >= 15 is 0 Å². The lowest BCUT2D eigenvalue weighted by Gasteiger charge is -2.24. The Kier molecular flexibility index (Phi) is 5.56. The number of amides is 1. The lowest BCUT2D eigenvalue weighted by atomic mass is 10.0. The van der Waals surface area contributed by atoms with E-state index in [0.717, 1.165) is 13.0 Å². The Morgan fingerprint density at radius 3 is 2.38 bits per heavy atom. The highest BCUT2D eigenvalue weighted by Gasteiger charge is 2.33. The number of nitrogens with zero attached hydrogens (tertiary/aromatic N) is 1. The summed E-state index contributed by atoms with van der Waals surface area (Å²) in [6, 6.07) is 0.0996. The molecular weight excluding hydrogens is 228 g/mol. The highest BCUT2D eigenvalue weighted by molar-refractivity contribution is 5.85. The van der Waals surface area contributed by atoms with Gasteiger partial charge in [0.25, 0.3) is 0 Å². The van der Waals surface area contributed by atoms with Gasteiger partial charge in [-0.1, -0.05) is 13.3 Å². The Morgan fingerprint density at radius 2 is 2.00 bits per heavy atom. The fraction of sp³-hybridized carbons (Fsp3) is 0.909. The van der Waals surface area contributed by atoms with Gasteiger partial charge in [-0.2, -0.15) is 0 Å². The number of ether oxygens (including phenoxy) is 1. The van der Waals surface area contributed by atoms with Crippen molar-refractivity contribution in [1.29, 1.82) is 0 Å². The molecule has 2 atom stereocenters. The minimum atomic E-state index is -0.425. The second kappa shape index (κ2) is 5.73. The fourth-order valence-electron chi connectivity index (χ4n) is 1.80. The predicted molar refractivity (Wildman–Crippen MR) is 66.8 cm³/mol. The van der Waals surface area contributed by atoms with Crippen molar-refractivity contribution in [2.24, 2.45) is 11.7 Å². The molecule has 1 fully saturated rings. The number of carbonyl (C=O) groups excluding carboxylic acids is 1. The van der Waals surface area contributed by atoms with E-state index in [1.165, 1.54) is 0 Å². The Morgan fingerprint density at radius 1 is 1.44 bits per heavy atom. The van der Waals surface area contributed by atoms with Crippen molar-refractivity contribution in [1.82, 2.24) is 4.90 Å². The molecule has 0 bridgehead atoms. The molecule has 0 aliphatic carbocycles. The van der Waals surface area contributed by atoms with Gasteiger partial charge in [-0.15, -0.1) is 12.4 Å². The molecule has 1 saturated heterocycles. The number of rotatable bonds is 1. The van der Waals surface area contributed by atoms with Crippen LogP contribution < -0.4 is 5.73 Å². The molecule has 1 heterocycles. The van der Waals surface area contributed by atoms with Crippen LogP contribution in [0.4, 0.5) is 4.79 Å². The Hall–Kier alpha value is -0.480. The number of halogens is 1. The largest absolute Gasteiger partial charge is 0.444 e. The van der Waals surface area contributed by atoms with Gasteiger partial charge in [0.15, 0.2) is 0 Å². The molecule has 1 aliphatic rings. The van der Waals surface area contributed by atoms with Gasteiger partial charge >= 0.3 is 6.09 Å². The van der Waals surface area contributed by atoms with Crippen LogP contribution in [-0.2, 0) is 4.74 Å². The van der Waals surface area contributed by atoms with Crippen molar-refractivity contribution in [3.8, 4) is 0 Å². The van der Waals surface area contributed by atoms with E-state index in [1.54, 1.807) is 4.90 Å². The molecule has 0 aromatic rings. The predicted octanol–water partition coefficient (Wildman–Crippen LogP) is 2.01. The molecule has 1 aliphatic heterocycles. The first-order valence-electron chi connectivity index (χ1n) is 5.57. The van der Waals surface area contributed by atoms with E-state index in [-0.39, 0.29) is 24.5 Å². The third kappa shape index (κ3) is 4.18. The first-order chi connectivity index (χ1) is 6.83. The van der Waals surface area contributed by atoms with Crippen LogP contribution in [0.15, 0.2) is 0 Å². The molecular formula is C11H23ClN2O2. The number of nitrogens with two attached hydrogens (primary N) is 1. The lowest BCUT2D eigenvalue weighted by Crippen LogP contribution is -2.36. The zero-order chi connectivity index (χ0) is 11.6. The Bertz CT molecular complexity index is 241. The van der Waals surface area contributed by atoms with Crippen LogP contribution in [0.5, 0.6) is 0 Å². The van der Waals surface area contributed by atoms with Gasteiger partial charge in [0.05, 0.1) is 0 Å². The highest BCUT2D eigenvalue weighted by Crippen LogP contribution is 2.20. The van der Waals surface area contributed by atoms with Crippen LogP contribution >= 0.6 is 12.4 Å². The normalized spacial score (nSPS) is 25.2. The van der Waals surface area contributed by atoms with Gasteiger partial charge in [-0.3, -0.25) is 0 Å². The summed E-state index contributed by atoms with van der Waals surface area (Å²) in [5.74, 6) is 0.414. The van der Waals surface area contributed by atoms with Crippen molar-refractivity contribution in [3.05, 3.63) is 0 Å². The second-order valence-corrected chi connectivity index (χ2v) is 5.22. The summed E-state index contributed by atoms with van der Waals surface area (Å²) in [7, 11) is 0. The minimum Gasteiger partial charge on any atom is -0.444 e. The number of carbonyl (C=O) groups is 1. The summed E-state index contributed by atoms with van der Waals surface area (Å²) in [5, 5.41) is 0. The SMILES string of the molecule is CC[C@@H]1CN(C(=O)OC(C)(C)C)C[C@H]1N.Cl. The monoisotopic (exact) mass is 250 g/mol. The van der Waals surface area contributed by atoms with Crippen molar-refractivity contribution in [2.75, 3.05) is 13.1 Å². The van der Waals surface area contributed by atoms with Crippen LogP contribution in [0.2, 0.25) is 0 Å². The van der Waals surface area contributed by atoms with Crippen LogP contribution in [0.25, 0.3) is 0 Å². The summed E-state index contributed by atoms with van der Waals surface area (Å²) in [5.41, 5.74) is 5.51. The maximum Gasteiger partial charge on any atom is 0.410 e. The first-order valence-corrected chi connectivity index (χ1v) is 5.57. The van der Waals surface area contributed by atoms with E-state index in [1.807, 2.05) is 20.8 Å². The van der Waals surface area contributed by atoms with Crippen LogP contribution in [-0.4, -0.2) is 35.7 Å². The van der Waals surface area contributed by atoms with Gasteiger partial charge in [0, 0.05) is 19.1 Å². The summed E-state index contributed by atoms with van der Waals surface area (Å²) in [4.78, 5) is 13.4. The third-order valence-electron chi connectivity index (χ3n) is 2.67. The highest BCUT2D eigenvalue weighted by atomic mass is 35.5. The lowest BCUT2D eigenvalue weighted by molar-refractivity contribution is 0.0286. The molecule has 4 nitrogen and oxygen atoms in total. The third-order valence-corrected chi connectivity index (χ3v) is 2.67. The number of hydrogen-bond acceptors (Lipinski definition) is 3. The van der Waals surface area contributed by atoms with E-state index in [2.05, 4.69) is 6.92 Å². The Labute approximate surface area is 104 Å². The van der Waals surface area contributed by atoms with Crippen molar-refractivity contribution >= 4 is 18.5 Å². The van der Waals surface area contributed by atoms with Crippen LogP contribution in [0.3, 0.4) is 0 Å². The molecule has 16 heavy (non-hydrogen) atoms. The molecule has 0 aromatic heterocycles. The quantitative estimate of drug-likeness (QED) is 0.775. The standard InChI is InChI=1S/C11H22N2O2.ClH/c1-5-8-6-13(7-9(8)12)10(14)15-11(2,3)4;/h8-9H,5-7,12H2,1-4H3;1H/t8-,9-;/m1./s1. The summed E-state index contributed by atoms with van der Waals surface area (Å²) in [6.45, 7) is 9.07. The molecule has 96 valence electrons. The molecule has 2 N–H and O–H groups in total. The summed E-state index contributed by atoms with van der Waals surface area (Å²) >= 11 is 0. The van der Waals surface area contributed by atoms with E-state index in [9.17, 15) is 4.79 Å². The Balaban J connectivity index is 0.00000225. The average molecular weight is 251 g/mol. The fourth-order valence-corrected chi connectivity index (χ4v) is 1.80. The van der Waals surface area contributed by atoms with Gasteiger partial charge in [0.1, 0.15) is 5.60 Å². The maximum absolute atomic E-state index is 11.7. The van der Waals surface area contributed by atoms with Crippen LogP contribution in [0.1, 0.15) is 34.1 Å². The molecule has 0 spiro atoms. The van der Waals surface area contributed by atoms with Crippen LogP contribution in [0, 0.1) is 5.92 Å². The van der Waals surface area contributed by atoms with Crippen molar-refractivity contribution < 1.29 is 9.53 Å². The first kappa shape index (κ1) is 15.5. The second-order valence-electron chi connectivity index (χ2n) is 5.22. The number of likely N-dealkylation sites (tertiary alicyclic amines) is 1. The molecule has 0 aromatic carbocycles. The molecule has 5 heteroatoms. The average Bonchev–Trinajstić information content (AvgIpc) is 2.43. The zero-order valence-electron chi connectivity index (χ0n) is 10.5. The van der Waals surface area contributed by atoms with Crippen molar-refractivity contribution in [2.45, 2.75) is 45.8 Å². The molecule has 0 saturated carbocycles. The molecule has 1 amide bonds. The van der Waals surface area contributed by atoms with Gasteiger partial charge in [0.2, 0.25) is 0 Å². The van der Waals surface area contributed by atoms with E-state index < -0.39 is 5.60 Å². The molecule has 1 rings (SSSR count). The van der Waals surface area contributed by atoms with Crippen molar-refractivity contribution in [3.63, 3.8) is 0 Å². The molecule has 0 radical (unpaired) electrons. The molecule has 0 unspecified atom stereocenters. The summed E-state index contributed by atoms with van der Waals surface area (Å²) in [6.07, 6.45) is 0.773. The number of hydrogen-bond donors (Lipinski definition) is 1. The zero-order valence-corrected chi connectivity index (χ0v) is 11.3. The van der Waals surface area contributed by atoms with E-state index in [4.69, 9.17) is 10.5 Å².